The highest BCUT2D eigenvalue weighted by Gasteiger charge is 2.18. The van der Waals surface area contributed by atoms with Crippen LogP contribution in [-0.2, 0) is 0 Å². The molecule has 1 aromatic carbocycles. The Hall–Kier alpha value is -1.92. The number of hydrogen-bond donors (Lipinski definition) is 1. The number of ether oxygens (including phenoxy) is 1. The number of likely N-dealkylation sites (tertiary alicyclic amines) is 1. The predicted molar refractivity (Wildman–Crippen MR) is 97.5 cm³/mol. The first kappa shape index (κ1) is 16.9. The monoisotopic (exact) mass is 389 g/mol. The summed E-state index contributed by atoms with van der Waals surface area (Å²) in [5, 5.41) is 2.84. The van der Waals surface area contributed by atoms with Gasteiger partial charge in [-0.1, -0.05) is 15.9 Å². The van der Waals surface area contributed by atoms with Gasteiger partial charge in [0, 0.05) is 29.2 Å². The molecule has 0 radical (unpaired) electrons. The van der Waals surface area contributed by atoms with Crippen molar-refractivity contribution >= 4 is 27.5 Å². The Labute approximate surface area is 150 Å². The van der Waals surface area contributed by atoms with Gasteiger partial charge in [-0.15, -0.1) is 0 Å². The normalized spacial score (nSPS) is 15.9. The Morgan fingerprint density at radius 2 is 1.92 bits per heavy atom. The molecule has 5 nitrogen and oxygen atoms in total. The van der Waals surface area contributed by atoms with E-state index in [1.807, 2.05) is 18.2 Å². The van der Waals surface area contributed by atoms with E-state index in [0.717, 1.165) is 30.4 Å². The van der Waals surface area contributed by atoms with Crippen LogP contribution < -0.4 is 10.1 Å². The largest absolute Gasteiger partial charge is 0.474 e. The molecule has 0 unspecified atom stereocenters. The summed E-state index contributed by atoms with van der Waals surface area (Å²) in [6.07, 6.45) is 3.87. The molecule has 0 aliphatic carbocycles. The molecule has 24 heavy (non-hydrogen) atoms. The second kappa shape index (κ2) is 7.77. The van der Waals surface area contributed by atoms with E-state index < -0.39 is 0 Å². The average molecular weight is 390 g/mol. The molecule has 1 aliphatic rings. The number of halogens is 1. The van der Waals surface area contributed by atoms with Crippen molar-refractivity contribution in [2.24, 2.45) is 0 Å². The average Bonchev–Trinajstić information content (AvgIpc) is 2.59. The smallest absolute Gasteiger partial charge is 0.255 e. The third-order valence-corrected chi connectivity index (χ3v) is 4.58. The van der Waals surface area contributed by atoms with Crippen LogP contribution in [0.25, 0.3) is 0 Å². The highest BCUT2D eigenvalue weighted by Crippen LogP contribution is 2.19. The van der Waals surface area contributed by atoms with E-state index in [1.54, 1.807) is 24.4 Å². The number of anilines is 1. The molecule has 0 atom stereocenters. The highest BCUT2D eigenvalue weighted by molar-refractivity contribution is 9.10. The molecule has 0 bridgehead atoms. The van der Waals surface area contributed by atoms with E-state index in [4.69, 9.17) is 4.74 Å². The van der Waals surface area contributed by atoms with Gasteiger partial charge in [-0.25, -0.2) is 4.98 Å². The predicted octanol–water partition coefficient (Wildman–Crippen LogP) is 3.57. The molecular formula is C18H20BrN3O2. The molecule has 0 saturated carbocycles. The number of pyridine rings is 1. The van der Waals surface area contributed by atoms with Gasteiger partial charge in [-0.05, 0) is 50.2 Å². The van der Waals surface area contributed by atoms with E-state index in [0.29, 0.717) is 17.1 Å². The van der Waals surface area contributed by atoms with Crippen LogP contribution in [0.3, 0.4) is 0 Å². The third kappa shape index (κ3) is 4.55. The van der Waals surface area contributed by atoms with Gasteiger partial charge in [0.15, 0.2) is 0 Å². The molecule has 1 aliphatic heterocycles. The molecule has 2 heterocycles. The fourth-order valence-electron chi connectivity index (χ4n) is 2.60. The van der Waals surface area contributed by atoms with Crippen molar-refractivity contribution in [3.05, 3.63) is 52.6 Å². The van der Waals surface area contributed by atoms with E-state index in [2.05, 4.69) is 38.2 Å². The molecule has 2 aromatic rings. The lowest BCUT2D eigenvalue weighted by molar-refractivity contribution is 0.102. The number of carbonyl (C=O) groups excluding carboxylic acids is 1. The number of aromatic nitrogens is 1. The van der Waals surface area contributed by atoms with Gasteiger partial charge in [0.25, 0.3) is 5.91 Å². The Balaban J connectivity index is 1.56. The molecule has 1 amide bonds. The maximum atomic E-state index is 12.2. The lowest BCUT2D eigenvalue weighted by atomic mass is 10.1. The number of hydrogen-bond acceptors (Lipinski definition) is 4. The molecule has 6 heteroatoms. The number of nitrogens with one attached hydrogen (secondary N) is 1. The Morgan fingerprint density at radius 3 is 2.54 bits per heavy atom. The van der Waals surface area contributed by atoms with Gasteiger partial charge >= 0.3 is 0 Å². The van der Waals surface area contributed by atoms with Gasteiger partial charge in [-0.3, -0.25) is 4.79 Å². The number of benzene rings is 1. The minimum absolute atomic E-state index is 0.159. The summed E-state index contributed by atoms with van der Waals surface area (Å²) in [5.41, 5.74) is 1.25. The van der Waals surface area contributed by atoms with Gasteiger partial charge < -0.3 is 15.0 Å². The van der Waals surface area contributed by atoms with Crippen molar-refractivity contribution < 1.29 is 9.53 Å². The lowest BCUT2D eigenvalue weighted by Crippen LogP contribution is -2.35. The fraction of sp³-hybridized carbons (Fsp3) is 0.333. The summed E-state index contributed by atoms with van der Waals surface area (Å²) in [5.74, 6) is 0.444. The van der Waals surface area contributed by atoms with E-state index >= 15 is 0 Å². The second-order valence-corrected chi connectivity index (χ2v) is 6.88. The summed E-state index contributed by atoms with van der Waals surface area (Å²) in [6, 6.07) is 10.8. The van der Waals surface area contributed by atoms with Crippen molar-refractivity contribution in [3.8, 4) is 5.88 Å². The molecule has 1 saturated heterocycles. The van der Waals surface area contributed by atoms with E-state index in [-0.39, 0.29) is 12.0 Å². The number of amides is 1. The standard InChI is InChI=1S/C18H20BrN3O2/c1-22-10-8-16(9-11-22)24-17-7-6-15(12-20-17)21-18(23)13-2-4-14(19)5-3-13/h2-7,12,16H,8-11H2,1H3,(H,21,23). The van der Waals surface area contributed by atoms with Crippen LogP contribution in [0.5, 0.6) is 5.88 Å². The summed E-state index contributed by atoms with van der Waals surface area (Å²) < 4.78 is 6.85. The zero-order chi connectivity index (χ0) is 16.9. The Bertz CT molecular complexity index is 680. The fourth-order valence-corrected chi connectivity index (χ4v) is 2.87. The molecule has 1 N–H and O–H groups in total. The molecule has 126 valence electrons. The van der Waals surface area contributed by atoms with Crippen molar-refractivity contribution in [1.29, 1.82) is 0 Å². The summed E-state index contributed by atoms with van der Waals surface area (Å²) >= 11 is 3.36. The van der Waals surface area contributed by atoms with Crippen LogP contribution in [-0.4, -0.2) is 42.0 Å². The summed E-state index contributed by atoms with van der Waals surface area (Å²) in [4.78, 5) is 18.8. The quantitative estimate of drug-likeness (QED) is 0.868. The van der Waals surface area contributed by atoms with Gasteiger partial charge in [0.2, 0.25) is 5.88 Å². The van der Waals surface area contributed by atoms with Crippen LogP contribution >= 0.6 is 15.9 Å². The number of rotatable bonds is 4. The molecular weight excluding hydrogens is 370 g/mol. The zero-order valence-corrected chi connectivity index (χ0v) is 15.1. The van der Waals surface area contributed by atoms with Crippen molar-refractivity contribution in [2.45, 2.75) is 18.9 Å². The molecule has 1 fully saturated rings. The molecule has 3 rings (SSSR count). The maximum absolute atomic E-state index is 12.2. The lowest BCUT2D eigenvalue weighted by Gasteiger charge is -2.28. The third-order valence-electron chi connectivity index (χ3n) is 4.05. The first-order valence-corrected chi connectivity index (χ1v) is 8.77. The number of piperidine rings is 1. The summed E-state index contributed by atoms with van der Waals surface area (Å²) in [6.45, 7) is 2.10. The highest BCUT2D eigenvalue weighted by atomic mass is 79.9. The second-order valence-electron chi connectivity index (χ2n) is 5.97. The van der Waals surface area contributed by atoms with Gasteiger partial charge in [0.1, 0.15) is 6.10 Å². The van der Waals surface area contributed by atoms with Crippen LogP contribution in [0.2, 0.25) is 0 Å². The minimum atomic E-state index is -0.159. The van der Waals surface area contributed by atoms with Crippen LogP contribution in [0.1, 0.15) is 23.2 Å². The maximum Gasteiger partial charge on any atom is 0.255 e. The number of carbonyl (C=O) groups is 1. The van der Waals surface area contributed by atoms with E-state index in [9.17, 15) is 4.79 Å². The topological polar surface area (TPSA) is 54.5 Å². The van der Waals surface area contributed by atoms with Crippen LogP contribution in [0.4, 0.5) is 5.69 Å². The molecule has 0 spiro atoms. The van der Waals surface area contributed by atoms with Crippen molar-refractivity contribution in [2.75, 3.05) is 25.5 Å². The van der Waals surface area contributed by atoms with Gasteiger partial charge in [-0.2, -0.15) is 0 Å². The van der Waals surface area contributed by atoms with Crippen LogP contribution in [0, 0.1) is 0 Å². The van der Waals surface area contributed by atoms with Gasteiger partial charge in [0.05, 0.1) is 11.9 Å². The SMILES string of the molecule is CN1CCC(Oc2ccc(NC(=O)c3ccc(Br)cc3)cn2)CC1. The Morgan fingerprint density at radius 1 is 1.21 bits per heavy atom. The Kier molecular flexibility index (Phi) is 5.48. The van der Waals surface area contributed by atoms with Crippen LogP contribution in [0.15, 0.2) is 47.1 Å². The van der Waals surface area contributed by atoms with Crippen molar-refractivity contribution in [3.63, 3.8) is 0 Å². The molecule has 1 aromatic heterocycles. The summed E-state index contributed by atoms with van der Waals surface area (Å²) in [7, 11) is 2.12. The van der Waals surface area contributed by atoms with E-state index in [1.165, 1.54) is 0 Å². The first-order valence-electron chi connectivity index (χ1n) is 7.98. The first-order chi connectivity index (χ1) is 11.6. The minimum Gasteiger partial charge on any atom is -0.474 e. The number of nitrogens with zero attached hydrogens (tertiary/aromatic N) is 2. The van der Waals surface area contributed by atoms with Crippen molar-refractivity contribution in [1.82, 2.24) is 9.88 Å². The zero-order valence-electron chi connectivity index (χ0n) is 13.5.